The molecule has 0 amide bonds. The van der Waals surface area contributed by atoms with Gasteiger partial charge in [0.05, 0.1) is 0 Å². The average molecular weight is 285 g/mol. The van der Waals surface area contributed by atoms with Crippen LogP contribution in [0.15, 0.2) is 54.6 Å². The van der Waals surface area contributed by atoms with Crippen molar-refractivity contribution in [3.05, 3.63) is 54.6 Å². The third-order valence-corrected chi connectivity index (χ3v) is 3.27. The van der Waals surface area contributed by atoms with Crippen LogP contribution >= 0.6 is 0 Å². The maximum atomic E-state index is 10.2. The molecule has 3 heteroatoms. The number of likely N-dealkylation sites (N-methyl/N-ethyl adjacent to an activating group) is 1. The van der Waals surface area contributed by atoms with Crippen LogP contribution in [0.3, 0.4) is 0 Å². The highest BCUT2D eigenvalue weighted by molar-refractivity contribution is 5.63. The van der Waals surface area contributed by atoms with E-state index in [0.717, 1.165) is 17.9 Å². The van der Waals surface area contributed by atoms with Gasteiger partial charge in [0.1, 0.15) is 18.0 Å². The summed E-state index contributed by atoms with van der Waals surface area (Å²) in [5, 5.41) is 13.3. The molecule has 0 aliphatic carbocycles. The van der Waals surface area contributed by atoms with Gasteiger partial charge in [-0.15, -0.1) is 0 Å². The van der Waals surface area contributed by atoms with Crippen LogP contribution in [-0.4, -0.2) is 30.4 Å². The molecule has 0 aliphatic heterocycles. The number of nitrogens with one attached hydrogen (secondary N) is 1. The third-order valence-electron chi connectivity index (χ3n) is 3.27. The Morgan fingerprint density at radius 2 is 1.62 bits per heavy atom. The molecule has 0 aliphatic rings. The lowest BCUT2D eigenvalue weighted by Crippen LogP contribution is -2.42. The molecule has 0 saturated heterocycles. The lowest BCUT2D eigenvalue weighted by molar-refractivity contribution is 0.0127. The molecule has 2 rings (SSSR count). The highest BCUT2D eigenvalue weighted by Gasteiger charge is 2.20. The SMILES string of the molecule is CCNCC(C)(O)COc1ccc(-c2ccccc2)cc1. The molecule has 0 aromatic heterocycles. The van der Waals surface area contributed by atoms with E-state index in [9.17, 15) is 5.11 Å². The van der Waals surface area contributed by atoms with Crippen LogP contribution in [0.2, 0.25) is 0 Å². The van der Waals surface area contributed by atoms with Crippen LogP contribution in [0.25, 0.3) is 11.1 Å². The topological polar surface area (TPSA) is 41.5 Å². The number of hydrogen-bond donors (Lipinski definition) is 2. The van der Waals surface area contributed by atoms with Crippen LogP contribution < -0.4 is 10.1 Å². The van der Waals surface area contributed by atoms with Gasteiger partial charge in [-0.2, -0.15) is 0 Å². The van der Waals surface area contributed by atoms with E-state index < -0.39 is 5.60 Å². The van der Waals surface area contributed by atoms with Gasteiger partial charge in [0.25, 0.3) is 0 Å². The Balaban J connectivity index is 1.94. The molecule has 0 spiro atoms. The van der Waals surface area contributed by atoms with Crippen molar-refractivity contribution < 1.29 is 9.84 Å². The Morgan fingerprint density at radius 1 is 1.00 bits per heavy atom. The summed E-state index contributed by atoms with van der Waals surface area (Å²) in [5.74, 6) is 0.770. The molecule has 1 atom stereocenters. The first-order valence-corrected chi connectivity index (χ1v) is 7.32. The predicted molar refractivity (Wildman–Crippen MR) is 86.5 cm³/mol. The minimum absolute atomic E-state index is 0.269. The molecule has 0 radical (unpaired) electrons. The molecule has 0 bridgehead atoms. The van der Waals surface area contributed by atoms with Gasteiger partial charge >= 0.3 is 0 Å². The normalized spacial score (nSPS) is 13.7. The standard InChI is InChI=1S/C18H23NO2/c1-3-19-13-18(2,20)14-21-17-11-9-16(10-12-17)15-7-5-4-6-8-15/h4-12,19-20H,3,13-14H2,1-2H3. The lowest BCUT2D eigenvalue weighted by atomic mass is 10.1. The summed E-state index contributed by atoms with van der Waals surface area (Å²) >= 11 is 0. The van der Waals surface area contributed by atoms with E-state index in [2.05, 4.69) is 17.4 Å². The Labute approximate surface area is 126 Å². The minimum Gasteiger partial charge on any atom is -0.491 e. The van der Waals surface area contributed by atoms with Gasteiger partial charge in [0, 0.05) is 6.54 Å². The summed E-state index contributed by atoms with van der Waals surface area (Å²) in [7, 11) is 0. The smallest absolute Gasteiger partial charge is 0.119 e. The van der Waals surface area contributed by atoms with Crippen molar-refractivity contribution in [1.29, 1.82) is 0 Å². The number of aliphatic hydroxyl groups is 1. The Morgan fingerprint density at radius 3 is 2.24 bits per heavy atom. The predicted octanol–water partition coefficient (Wildman–Crippen LogP) is 3.09. The van der Waals surface area contributed by atoms with E-state index in [0.29, 0.717) is 6.54 Å². The number of benzene rings is 2. The van der Waals surface area contributed by atoms with Crippen molar-refractivity contribution in [2.45, 2.75) is 19.4 Å². The first-order valence-electron chi connectivity index (χ1n) is 7.32. The second-order valence-electron chi connectivity index (χ2n) is 5.46. The van der Waals surface area contributed by atoms with E-state index in [1.165, 1.54) is 5.56 Å². The first-order chi connectivity index (χ1) is 10.1. The molecule has 112 valence electrons. The molecule has 0 fully saturated rings. The van der Waals surface area contributed by atoms with Gasteiger partial charge in [-0.25, -0.2) is 0 Å². The molecule has 2 aromatic rings. The van der Waals surface area contributed by atoms with Crippen LogP contribution in [0.5, 0.6) is 5.75 Å². The van der Waals surface area contributed by atoms with E-state index in [4.69, 9.17) is 4.74 Å². The molecule has 1 unspecified atom stereocenters. The molecule has 3 nitrogen and oxygen atoms in total. The van der Waals surface area contributed by atoms with Crippen molar-refractivity contribution in [1.82, 2.24) is 5.32 Å². The molecule has 2 aromatic carbocycles. The quantitative estimate of drug-likeness (QED) is 0.821. The number of ether oxygens (including phenoxy) is 1. The zero-order valence-corrected chi connectivity index (χ0v) is 12.7. The minimum atomic E-state index is -0.867. The fraction of sp³-hybridized carbons (Fsp3) is 0.333. The Kier molecular flexibility index (Phi) is 5.37. The van der Waals surface area contributed by atoms with Gasteiger partial charge in [0.2, 0.25) is 0 Å². The van der Waals surface area contributed by atoms with Crippen molar-refractivity contribution >= 4 is 0 Å². The largest absolute Gasteiger partial charge is 0.491 e. The van der Waals surface area contributed by atoms with Crippen LogP contribution in [0.4, 0.5) is 0 Å². The van der Waals surface area contributed by atoms with E-state index in [-0.39, 0.29) is 6.61 Å². The van der Waals surface area contributed by atoms with Gasteiger partial charge in [-0.05, 0) is 36.7 Å². The van der Waals surface area contributed by atoms with E-state index in [1.807, 2.05) is 49.4 Å². The molecular formula is C18H23NO2. The van der Waals surface area contributed by atoms with Gasteiger partial charge in [-0.3, -0.25) is 0 Å². The van der Waals surface area contributed by atoms with Crippen molar-refractivity contribution in [2.75, 3.05) is 19.7 Å². The van der Waals surface area contributed by atoms with E-state index >= 15 is 0 Å². The first kappa shape index (κ1) is 15.5. The zero-order chi connectivity index (χ0) is 15.1. The average Bonchev–Trinajstić information content (AvgIpc) is 2.53. The summed E-state index contributed by atoms with van der Waals surface area (Å²) in [6.45, 7) is 5.41. The van der Waals surface area contributed by atoms with Crippen molar-refractivity contribution in [3.8, 4) is 16.9 Å². The molecular weight excluding hydrogens is 262 g/mol. The summed E-state index contributed by atoms with van der Waals surface area (Å²) < 4.78 is 5.67. The Bertz CT molecular complexity index is 535. The van der Waals surface area contributed by atoms with Gasteiger partial charge < -0.3 is 15.2 Å². The number of hydrogen-bond acceptors (Lipinski definition) is 3. The van der Waals surface area contributed by atoms with Gasteiger partial charge in [0.15, 0.2) is 0 Å². The maximum Gasteiger partial charge on any atom is 0.119 e. The fourth-order valence-electron chi connectivity index (χ4n) is 2.06. The maximum absolute atomic E-state index is 10.2. The summed E-state index contributed by atoms with van der Waals surface area (Å²) in [6, 6.07) is 18.2. The fourth-order valence-corrected chi connectivity index (χ4v) is 2.06. The second kappa shape index (κ2) is 7.25. The lowest BCUT2D eigenvalue weighted by Gasteiger charge is -2.23. The molecule has 0 heterocycles. The van der Waals surface area contributed by atoms with Crippen molar-refractivity contribution in [3.63, 3.8) is 0 Å². The van der Waals surface area contributed by atoms with E-state index in [1.54, 1.807) is 6.92 Å². The van der Waals surface area contributed by atoms with Crippen LogP contribution in [0.1, 0.15) is 13.8 Å². The number of rotatable bonds is 7. The zero-order valence-electron chi connectivity index (χ0n) is 12.7. The van der Waals surface area contributed by atoms with Crippen LogP contribution in [0, 0.1) is 0 Å². The monoisotopic (exact) mass is 285 g/mol. The second-order valence-corrected chi connectivity index (χ2v) is 5.46. The highest BCUT2D eigenvalue weighted by atomic mass is 16.5. The third kappa shape index (κ3) is 4.88. The molecule has 0 saturated carbocycles. The highest BCUT2D eigenvalue weighted by Crippen LogP contribution is 2.22. The summed E-state index contributed by atoms with van der Waals surface area (Å²) in [5.41, 5.74) is 1.47. The summed E-state index contributed by atoms with van der Waals surface area (Å²) in [6.07, 6.45) is 0. The van der Waals surface area contributed by atoms with Gasteiger partial charge in [-0.1, -0.05) is 49.4 Å². The summed E-state index contributed by atoms with van der Waals surface area (Å²) in [4.78, 5) is 0. The molecule has 2 N–H and O–H groups in total. The Hall–Kier alpha value is -1.84. The molecule has 21 heavy (non-hydrogen) atoms. The van der Waals surface area contributed by atoms with Crippen LogP contribution in [-0.2, 0) is 0 Å². The van der Waals surface area contributed by atoms with Crippen molar-refractivity contribution in [2.24, 2.45) is 0 Å².